The van der Waals surface area contributed by atoms with Gasteiger partial charge in [-0.3, -0.25) is 9.59 Å². The van der Waals surface area contributed by atoms with E-state index in [9.17, 15) is 9.59 Å². The molecule has 0 bridgehead atoms. The van der Waals surface area contributed by atoms with Crippen LogP contribution in [0.2, 0.25) is 0 Å². The molecule has 1 heterocycles. The maximum Gasteiger partial charge on any atom is 0.323 e. The van der Waals surface area contributed by atoms with E-state index in [0.717, 1.165) is 35.1 Å². The maximum atomic E-state index is 13.5. The number of ether oxygens (including phenoxy) is 2. The Morgan fingerprint density at radius 2 is 1.53 bits per heavy atom. The van der Waals surface area contributed by atoms with Crippen LogP contribution in [0.3, 0.4) is 0 Å². The standard InChI is InChI=1S/C32H44O4/c1-11-12-13-16-32(9,10)21-14-15-26(35-20(2)33)23(17-21)27-24-18-22(30(3,4)5)19-25(31(6,7)8)28(24)36-29(27)34/h14-15,17-19,27H,11-13,16H2,1-10H3. The Balaban J connectivity index is 2.24. The van der Waals surface area contributed by atoms with E-state index in [1.807, 2.05) is 12.1 Å². The third-order valence-corrected chi connectivity index (χ3v) is 7.30. The minimum atomic E-state index is -0.649. The van der Waals surface area contributed by atoms with Crippen molar-refractivity contribution >= 4 is 11.9 Å². The van der Waals surface area contributed by atoms with Crippen LogP contribution in [0.15, 0.2) is 30.3 Å². The van der Waals surface area contributed by atoms with E-state index < -0.39 is 11.9 Å². The molecule has 0 amide bonds. The Labute approximate surface area is 217 Å². The van der Waals surface area contributed by atoms with Gasteiger partial charge in [-0.2, -0.15) is 0 Å². The summed E-state index contributed by atoms with van der Waals surface area (Å²) in [4.78, 5) is 25.5. The van der Waals surface area contributed by atoms with Crippen molar-refractivity contribution in [3.63, 3.8) is 0 Å². The van der Waals surface area contributed by atoms with Crippen LogP contribution >= 0.6 is 0 Å². The molecule has 0 N–H and O–H groups in total. The monoisotopic (exact) mass is 492 g/mol. The van der Waals surface area contributed by atoms with Crippen LogP contribution in [-0.2, 0) is 25.8 Å². The number of fused-ring (bicyclic) bond motifs is 1. The molecule has 36 heavy (non-hydrogen) atoms. The molecular weight excluding hydrogens is 448 g/mol. The lowest BCUT2D eigenvalue weighted by atomic mass is 9.76. The Bertz CT molecular complexity index is 1140. The third-order valence-electron chi connectivity index (χ3n) is 7.30. The molecule has 4 nitrogen and oxygen atoms in total. The van der Waals surface area contributed by atoms with Crippen LogP contribution in [0.4, 0.5) is 0 Å². The number of hydrogen-bond acceptors (Lipinski definition) is 4. The lowest BCUT2D eigenvalue weighted by molar-refractivity contribution is -0.134. The molecule has 2 aromatic carbocycles. The zero-order valence-electron chi connectivity index (χ0n) is 23.9. The second-order valence-electron chi connectivity index (χ2n) is 13.0. The van der Waals surface area contributed by atoms with Gasteiger partial charge >= 0.3 is 11.9 Å². The summed E-state index contributed by atoms with van der Waals surface area (Å²) in [7, 11) is 0. The smallest absolute Gasteiger partial charge is 0.323 e. The van der Waals surface area contributed by atoms with E-state index in [1.165, 1.54) is 19.8 Å². The fraction of sp³-hybridized carbons (Fsp3) is 0.562. The molecule has 0 saturated carbocycles. The molecule has 0 spiro atoms. The van der Waals surface area contributed by atoms with Gasteiger partial charge in [0.25, 0.3) is 0 Å². The summed E-state index contributed by atoms with van der Waals surface area (Å²) in [6.07, 6.45) is 4.54. The van der Waals surface area contributed by atoms with Crippen LogP contribution in [0.1, 0.15) is 129 Å². The Kier molecular flexibility index (Phi) is 7.79. The zero-order chi connectivity index (χ0) is 27.1. The van der Waals surface area contributed by atoms with E-state index in [2.05, 4.69) is 80.5 Å². The van der Waals surface area contributed by atoms with Crippen molar-refractivity contribution in [3.8, 4) is 11.5 Å². The second kappa shape index (κ2) is 10.0. The van der Waals surface area contributed by atoms with E-state index in [0.29, 0.717) is 17.1 Å². The Morgan fingerprint density at radius 3 is 2.08 bits per heavy atom. The predicted octanol–water partition coefficient (Wildman–Crippen LogP) is 8.12. The zero-order valence-corrected chi connectivity index (χ0v) is 23.9. The summed E-state index contributed by atoms with van der Waals surface area (Å²) >= 11 is 0. The fourth-order valence-electron chi connectivity index (χ4n) is 4.95. The first kappa shape index (κ1) is 28.0. The molecule has 1 aliphatic rings. The molecule has 1 atom stereocenters. The summed E-state index contributed by atoms with van der Waals surface area (Å²) < 4.78 is 11.6. The normalized spacial score (nSPS) is 16.1. The topological polar surface area (TPSA) is 52.6 Å². The molecule has 0 fully saturated rings. The Hall–Kier alpha value is -2.62. The molecule has 0 aliphatic carbocycles. The molecule has 196 valence electrons. The average molecular weight is 493 g/mol. The van der Waals surface area contributed by atoms with E-state index in [-0.39, 0.29) is 22.2 Å². The quantitative estimate of drug-likeness (QED) is 0.222. The summed E-state index contributed by atoms with van der Waals surface area (Å²) in [6, 6.07) is 10.2. The number of carbonyl (C=O) groups is 2. The van der Waals surface area contributed by atoms with Gasteiger partial charge in [-0.25, -0.2) is 0 Å². The molecule has 1 unspecified atom stereocenters. The van der Waals surface area contributed by atoms with Crippen LogP contribution in [0.5, 0.6) is 11.5 Å². The minimum Gasteiger partial charge on any atom is -0.426 e. The van der Waals surface area contributed by atoms with Gasteiger partial charge in [-0.1, -0.05) is 106 Å². The summed E-state index contributed by atoms with van der Waals surface area (Å²) in [5.74, 6) is -0.313. The van der Waals surface area contributed by atoms with Crippen LogP contribution < -0.4 is 9.47 Å². The van der Waals surface area contributed by atoms with Crippen molar-refractivity contribution in [1.29, 1.82) is 0 Å². The molecule has 0 aromatic heterocycles. The first-order valence-electron chi connectivity index (χ1n) is 13.3. The summed E-state index contributed by atoms with van der Waals surface area (Å²) in [5, 5.41) is 0. The highest BCUT2D eigenvalue weighted by molar-refractivity contribution is 5.91. The third kappa shape index (κ3) is 5.85. The summed E-state index contributed by atoms with van der Waals surface area (Å²) in [6.45, 7) is 21.0. The Morgan fingerprint density at radius 1 is 0.889 bits per heavy atom. The van der Waals surface area contributed by atoms with E-state index >= 15 is 0 Å². The van der Waals surface area contributed by atoms with Gasteiger partial charge in [0.1, 0.15) is 17.4 Å². The van der Waals surface area contributed by atoms with E-state index in [1.54, 1.807) is 0 Å². The van der Waals surface area contributed by atoms with Crippen molar-refractivity contribution in [3.05, 3.63) is 58.1 Å². The lowest BCUT2D eigenvalue weighted by Crippen LogP contribution is -2.20. The molecule has 4 heteroatoms. The lowest BCUT2D eigenvalue weighted by Gasteiger charge is -2.28. The number of hydrogen-bond donors (Lipinski definition) is 0. The molecule has 3 rings (SSSR count). The fourth-order valence-corrected chi connectivity index (χ4v) is 4.95. The number of esters is 2. The minimum absolute atomic E-state index is 0.0756. The van der Waals surface area contributed by atoms with Crippen molar-refractivity contribution in [2.45, 2.75) is 117 Å². The first-order chi connectivity index (χ1) is 16.6. The van der Waals surface area contributed by atoms with Gasteiger partial charge in [0.15, 0.2) is 0 Å². The summed E-state index contributed by atoms with van der Waals surface area (Å²) in [5.41, 5.74) is 4.47. The number of benzene rings is 2. The van der Waals surface area contributed by atoms with E-state index in [4.69, 9.17) is 9.47 Å². The van der Waals surface area contributed by atoms with Crippen molar-refractivity contribution in [1.82, 2.24) is 0 Å². The number of rotatable bonds is 7. The molecule has 0 saturated heterocycles. The number of carbonyl (C=O) groups excluding carboxylic acids is 2. The highest BCUT2D eigenvalue weighted by Gasteiger charge is 2.41. The molecule has 2 aromatic rings. The second-order valence-corrected chi connectivity index (χ2v) is 13.0. The highest BCUT2D eigenvalue weighted by atomic mass is 16.5. The molecule has 0 radical (unpaired) electrons. The largest absolute Gasteiger partial charge is 0.426 e. The molecule has 1 aliphatic heterocycles. The van der Waals surface area contributed by atoms with Gasteiger partial charge in [0, 0.05) is 23.6 Å². The van der Waals surface area contributed by atoms with Crippen molar-refractivity contribution in [2.75, 3.05) is 0 Å². The van der Waals surface area contributed by atoms with Gasteiger partial charge in [-0.15, -0.1) is 0 Å². The van der Waals surface area contributed by atoms with Gasteiger partial charge < -0.3 is 9.47 Å². The number of unbranched alkanes of at least 4 members (excludes halogenated alkanes) is 2. The first-order valence-corrected chi connectivity index (χ1v) is 13.3. The van der Waals surface area contributed by atoms with Gasteiger partial charge in [-0.05, 0) is 39.9 Å². The predicted molar refractivity (Wildman–Crippen MR) is 146 cm³/mol. The highest BCUT2D eigenvalue weighted by Crippen LogP contribution is 2.49. The van der Waals surface area contributed by atoms with Crippen LogP contribution in [0, 0.1) is 0 Å². The van der Waals surface area contributed by atoms with Crippen LogP contribution in [0.25, 0.3) is 0 Å². The SMILES string of the molecule is CCCCCC(C)(C)c1ccc(OC(C)=O)c(C2C(=O)Oc3c2cc(C(C)(C)C)cc3C(C)(C)C)c1. The average Bonchev–Trinajstić information content (AvgIpc) is 3.07. The van der Waals surface area contributed by atoms with Crippen molar-refractivity contribution < 1.29 is 19.1 Å². The van der Waals surface area contributed by atoms with Gasteiger partial charge in [0.05, 0.1) is 0 Å². The van der Waals surface area contributed by atoms with Crippen LogP contribution in [-0.4, -0.2) is 11.9 Å². The van der Waals surface area contributed by atoms with Gasteiger partial charge in [0.2, 0.25) is 0 Å². The maximum absolute atomic E-state index is 13.5. The molecular formula is C32H44O4. The van der Waals surface area contributed by atoms with Crippen molar-refractivity contribution in [2.24, 2.45) is 0 Å².